The van der Waals surface area contributed by atoms with E-state index >= 15 is 0 Å². The zero-order valence-electron chi connectivity index (χ0n) is 26.4. The van der Waals surface area contributed by atoms with Crippen molar-refractivity contribution in [3.63, 3.8) is 0 Å². The van der Waals surface area contributed by atoms with Crippen molar-refractivity contribution < 1.29 is 4.42 Å². The number of para-hydroxylation sites is 3. The fourth-order valence-corrected chi connectivity index (χ4v) is 8.40. The van der Waals surface area contributed by atoms with Gasteiger partial charge in [0, 0.05) is 62.1 Å². The van der Waals surface area contributed by atoms with Crippen LogP contribution in [-0.4, -0.2) is 9.13 Å². The van der Waals surface area contributed by atoms with Crippen LogP contribution in [0.3, 0.4) is 0 Å². The number of furan rings is 1. The van der Waals surface area contributed by atoms with Crippen molar-refractivity contribution in [1.29, 1.82) is 0 Å². The van der Waals surface area contributed by atoms with Gasteiger partial charge in [0.1, 0.15) is 11.3 Å². The van der Waals surface area contributed by atoms with Crippen molar-refractivity contribution in [2.45, 2.75) is 32.1 Å². The molecule has 3 nitrogen and oxygen atoms in total. The Morgan fingerprint density at radius 3 is 2.26 bits per heavy atom. The van der Waals surface area contributed by atoms with Crippen LogP contribution in [0.5, 0.6) is 0 Å². The van der Waals surface area contributed by atoms with Crippen LogP contribution in [0.1, 0.15) is 47.4 Å². The van der Waals surface area contributed by atoms with Crippen LogP contribution < -0.4 is 0 Å². The first kappa shape index (κ1) is 26.7. The Morgan fingerprint density at radius 2 is 1.38 bits per heavy atom. The van der Waals surface area contributed by atoms with Crippen molar-refractivity contribution in [2.75, 3.05) is 0 Å². The average molecular weight is 607 g/mol. The van der Waals surface area contributed by atoms with Gasteiger partial charge in [-0.15, -0.1) is 0 Å². The van der Waals surface area contributed by atoms with Crippen molar-refractivity contribution in [1.82, 2.24) is 9.13 Å². The highest BCUT2D eigenvalue weighted by Gasteiger charge is 2.26. The third kappa shape index (κ3) is 3.99. The number of hydrogen-bond donors (Lipinski definition) is 0. The summed E-state index contributed by atoms with van der Waals surface area (Å²) < 4.78 is 11.5. The summed E-state index contributed by atoms with van der Waals surface area (Å²) in [5.41, 5.74) is 12.5. The third-order valence-electron chi connectivity index (χ3n) is 10.6. The van der Waals surface area contributed by atoms with Gasteiger partial charge in [-0.3, -0.25) is 0 Å². The van der Waals surface area contributed by atoms with Crippen LogP contribution in [0.4, 0.5) is 0 Å². The molecule has 0 fully saturated rings. The summed E-state index contributed by atoms with van der Waals surface area (Å²) in [5.74, 6) is 1.76. The summed E-state index contributed by atoms with van der Waals surface area (Å²) in [4.78, 5) is 0. The molecular formula is C44H34N2O. The number of rotatable bonds is 3. The Balaban J connectivity index is 1.08. The van der Waals surface area contributed by atoms with Crippen molar-refractivity contribution >= 4 is 55.8 Å². The monoisotopic (exact) mass is 606 g/mol. The molecule has 0 N–H and O–H groups in total. The Hall–Kier alpha value is -5.54. The lowest BCUT2D eigenvalue weighted by atomic mass is 9.85. The van der Waals surface area contributed by atoms with Gasteiger partial charge in [0.25, 0.3) is 0 Å². The summed E-state index contributed by atoms with van der Waals surface area (Å²) in [5, 5.41) is 5.11. The summed E-state index contributed by atoms with van der Waals surface area (Å²) in [7, 11) is 0. The second-order valence-electron chi connectivity index (χ2n) is 13.3. The van der Waals surface area contributed by atoms with Crippen molar-refractivity contribution in [3.8, 4) is 11.4 Å². The fraction of sp³-hybridized carbons (Fsp3) is 0.136. The van der Waals surface area contributed by atoms with Crippen LogP contribution in [0.2, 0.25) is 0 Å². The van der Waals surface area contributed by atoms with Crippen LogP contribution in [0.15, 0.2) is 132 Å². The predicted molar refractivity (Wildman–Crippen MR) is 196 cm³/mol. The Bertz CT molecular complexity index is 2570. The van der Waals surface area contributed by atoms with E-state index in [1.807, 2.05) is 0 Å². The molecule has 0 amide bonds. The minimum absolute atomic E-state index is 0.284. The molecule has 226 valence electrons. The Kier molecular flexibility index (Phi) is 5.80. The maximum absolute atomic E-state index is 6.60. The molecule has 0 radical (unpaired) electrons. The topological polar surface area (TPSA) is 23.0 Å². The van der Waals surface area contributed by atoms with Gasteiger partial charge in [-0.05, 0) is 78.9 Å². The van der Waals surface area contributed by atoms with E-state index in [0.717, 1.165) is 30.6 Å². The molecule has 2 unspecified atom stereocenters. The quantitative estimate of drug-likeness (QED) is 0.196. The minimum atomic E-state index is 0.284. The normalized spacial score (nSPS) is 17.5. The second kappa shape index (κ2) is 10.2. The number of hydrogen-bond acceptors (Lipinski definition) is 1. The highest BCUT2D eigenvalue weighted by Crippen LogP contribution is 2.42. The van der Waals surface area contributed by atoms with Crippen molar-refractivity contribution in [2.24, 2.45) is 5.92 Å². The highest BCUT2D eigenvalue weighted by atomic mass is 16.3. The van der Waals surface area contributed by atoms with Crippen LogP contribution >= 0.6 is 0 Å². The second-order valence-corrected chi connectivity index (χ2v) is 13.3. The number of nitrogens with zero attached hydrogens (tertiary/aromatic N) is 2. The van der Waals surface area contributed by atoms with Crippen LogP contribution in [-0.2, 0) is 12.8 Å². The number of fused-ring (bicyclic) bond motifs is 9. The van der Waals surface area contributed by atoms with Gasteiger partial charge < -0.3 is 13.6 Å². The lowest BCUT2D eigenvalue weighted by Crippen LogP contribution is -2.09. The zero-order valence-corrected chi connectivity index (χ0v) is 26.4. The largest absolute Gasteiger partial charge is 0.460 e. The molecule has 8 aromatic rings. The van der Waals surface area contributed by atoms with E-state index in [9.17, 15) is 0 Å². The fourth-order valence-electron chi connectivity index (χ4n) is 8.40. The standard InChI is InChI=1S/C44H34N2O/c1-28-25-44-36(38-27-31(20-24-43(38)47-44)46-39-16-8-5-13-33(39)34-14-6-9-17-40(34)46)22-21-32(28)29-19-23-42-37(26-29)35-15-7-10-18-41(35)45(42)30-11-3-2-4-12-30/h2-8,10-16,18-24,26-28,32H,9,17,25H2,1H3. The first-order valence-corrected chi connectivity index (χ1v) is 16.8. The van der Waals surface area contributed by atoms with E-state index in [2.05, 4.69) is 156 Å². The first-order valence-electron chi connectivity index (χ1n) is 16.8. The van der Waals surface area contributed by atoms with Gasteiger partial charge in [0.2, 0.25) is 0 Å². The molecule has 0 spiro atoms. The van der Waals surface area contributed by atoms with E-state index in [-0.39, 0.29) is 5.92 Å². The molecule has 10 rings (SSSR count). The zero-order chi connectivity index (χ0) is 31.1. The van der Waals surface area contributed by atoms with E-state index < -0.39 is 0 Å². The van der Waals surface area contributed by atoms with Gasteiger partial charge in [-0.1, -0.05) is 91.9 Å². The number of aromatic nitrogens is 2. The summed E-state index contributed by atoms with van der Waals surface area (Å²) in [6.07, 6.45) is 12.4. The number of allylic oxidation sites excluding steroid dienone is 2. The molecule has 3 aromatic heterocycles. The molecule has 0 aliphatic heterocycles. The Morgan fingerprint density at radius 1 is 0.617 bits per heavy atom. The van der Waals surface area contributed by atoms with E-state index in [1.165, 1.54) is 71.9 Å². The lowest BCUT2D eigenvalue weighted by molar-refractivity contribution is 0.455. The highest BCUT2D eigenvalue weighted by molar-refractivity contribution is 6.09. The molecule has 2 aliphatic rings. The molecule has 2 atom stereocenters. The molecule has 0 saturated heterocycles. The van der Waals surface area contributed by atoms with Gasteiger partial charge in [0.05, 0.1) is 16.6 Å². The molecule has 3 heterocycles. The van der Waals surface area contributed by atoms with E-state index in [0.29, 0.717) is 5.92 Å². The lowest BCUT2D eigenvalue weighted by Gasteiger charge is -2.20. The van der Waals surface area contributed by atoms with Crippen molar-refractivity contribution in [3.05, 3.63) is 156 Å². The molecule has 3 heteroatoms. The minimum Gasteiger partial charge on any atom is -0.460 e. The molecule has 2 aliphatic carbocycles. The SMILES string of the molecule is CC1Cc2oc3ccc(-n4c5c(c6ccccc64)C=CCC5)cc3c2C=CC1c1ccc2c(c1)c1ccccc1n2-c1ccccc1. The maximum atomic E-state index is 6.60. The van der Waals surface area contributed by atoms with E-state index in [4.69, 9.17) is 4.42 Å². The van der Waals surface area contributed by atoms with Crippen LogP contribution in [0, 0.1) is 5.92 Å². The van der Waals surface area contributed by atoms with E-state index in [1.54, 1.807) is 0 Å². The van der Waals surface area contributed by atoms with Gasteiger partial charge in [-0.25, -0.2) is 0 Å². The van der Waals surface area contributed by atoms with Gasteiger partial charge >= 0.3 is 0 Å². The Labute approximate surface area is 273 Å². The van der Waals surface area contributed by atoms with Gasteiger partial charge in [-0.2, -0.15) is 0 Å². The first-order chi connectivity index (χ1) is 23.2. The molecular weight excluding hydrogens is 572 g/mol. The smallest absolute Gasteiger partial charge is 0.135 e. The summed E-state index contributed by atoms with van der Waals surface area (Å²) in [6, 6.07) is 42.1. The predicted octanol–water partition coefficient (Wildman–Crippen LogP) is 11.4. The number of benzene rings is 5. The molecule has 0 saturated carbocycles. The summed E-state index contributed by atoms with van der Waals surface area (Å²) >= 11 is 0. The molecule has 5 aromatic carbocycles. The third-order valence-corrected chi connectivity index (χ3v) is 10.6. The molecule has 47 heavy (non-hydrogen) atoms. The maximum Gasteiger partial charge on any atom is 0.135 e. The average Bonchev–Trinajstić information content (AvgIpc) is 3.71. The molecule has 0 bridgehead atoms. The summed E-state index contributed by atoms with van der Waals surface area (Å²) in [6.45, 7) is 2.37. The van der Waals surface area contributed by atoms with Gasteiger partial charge in [0.15, 0.2) is 0 Å². The van der Waals surface area contributed by atoms with Crippen LogP contribution in [0.25, 0.3) is 67.2 Å².